The molecule has 0 unspecified atom stereocenters. The fraction of sp³-hybridized carbons (Fsp3) is 0.429. The second-order valence-electron chi connectivity index (χ2n) is 5.05. The molecule has 0 radical (unpaired) electrons. The highest BCUT2D eigenvalue weighted by atomic mass is 32.1. The minimum atomic E-state index is -0.121. The van der Waals surface area contributed by atoms with Crippen LogP contribution in [0.3, 0.4) is 0 Å². The molecule has 0 aliphatic rings. The minimum absolute atomic E-state index is 0.121. The molecule has 0 fully saturated rings. The second kappa shape index (κ2) is 6.19. The van der Waals surface area contributed by atoms with E-state index in [9.17, 15) is 4.79 Å². The normalized spacial score (nSPS) is 12.7. The topological polar surface area (TPSA) is 59.6 Å². The average Bonchev–Trinajstić information content (AvgIpc) is 3.00. The average molecular weight is 294 g/mol. The number of carbonyl (C=O) groups excluding carboxylic acids is 1. The molecule has 0 aliphatic carbocycles. The Kier molecular flexibility index (Phi) is 4.57. The number of carbonyl (C=O) groups is 1. The molecule has 2 heterocycles. The number of thiophene rings is 1. The molecule has 2 rings (SSSR count). The van der Waals surface area contributed by atoms with Gasteiger partial charge < -0.3 is 14.7 Å². The molecule has 108 valence electrons. The Balaban J connectivity index is 2.05. The monoisotopic (exact) mass is 294 g/mol. The van der Waals surface area contributed by atoms with Crippen LogP contribution < -0.4 is 10.2 Å². The predicted molar refractivity (Wildman–Crippen MR) is 78.2 cm³/mol. The maximum absolute atomic E-state index is 12.2. The minimum Gasteiger partial charge on any atom is -0.361 e. The summed E-state index contributed by atoms with van der Waals surface area (Å²) in [5.74, 6) is 0.439. The lowest BCUT2D eigenvalue weighted by atomic mass is 10.1. The maximum Gasteiger partial charge on any atom is 0.257 e. The van der Waals surface area contributed by atoms with E-state index in [4.69, 9.17) is 4.52 Å². The van der Waals surface area contributed by atoms with Crippen LogP contribution in [0.5, 0.6) is 0 Å². The molecule has 1 atom stereocenters. The van der Waals surface area contributed by atoms with Crippen LogP contribution in [-0.2, 0) is 0 Å². The molecule has 0 saturated heterocycles. The summed E-state index contributed by atoms with van der Waals surface area (Å²) in [6.07, 6.45) is 0. The Morgan fingerprint density at radius 2 is 2.25 bits per heavy atom. The Hall–Kier alpha value is -1.66. The van der Waals surface area contributed by atoms with Crippen molar-refractivity contribution in [2.24, 2.45) is 0 Å². The smallest absolute Gasteiger partial charge is 0.257 e. The van der Waals surface area contributed by atoms with Crippen LogP contribution in [0.1, 0.15) is 32.7 Å². The van der Waals surface area contributed by atoms with Gasteiger partial charge in [0.1, 0.15) is 17.4 Å². The van der Waals surface area contributed by atoms with Gasteiger partial charge in [-0.15, -0.1) is 11.3 Å². The summed E-state index contributed by atoms with van der Waals surface area (Å²) in [5.41, 5.74) is 1.17. The SMILES string of the molecule is Cc1noc(C)c1C(=O)NC[C@H](c1cccs1)[NH+](C)C. The highest BCUT2D eigenvalue weighted by molar-refractivity contribution is 7.10. The van der Waals surface area contributed by atoms with Gasteiger partial charge in [0.05, 0.1) is 31.2 Å². The summed E-state index contributed by atoms with van der Waals surface area (Å²) in [5, 5.41) is 8.85. The summed E-state index contributed by atoms with van der Waals surface area (Å²) in [6, 6.07) is 4.38. The van der Waals surface area contributed by atoms with Crippen molar-refractivity contribution in [2.75, 3.05) is 20.6 Å². The molecular weight excluding hydrogens is 274 g/mol. The van der Waals surface area contributed by atoms with E-state index in [1.165, 1.54) is 9.78 Å². The zero-order chi connectivity index (χ0) is 14.7. The second-order valence-corrected chi connectivity index (χ2v) is 6.03. The van der Waals surface area contributed by atoms with Crippen molar-refractivity contribution in [3.63, 3.8) is 0 Å². The molecule has 0 bridgehead atoms. The lowest BCUT2D eigenvalue weighted by Crippen LogP contribution is -3.06. The first-order valence-corrected chi connectivity index (χ1v) is 7.43. The Labute approximate surface area is 122 Å². The van der Waals surface area contributed by atoms with Crippen molar-refractivity contribution in [3.8, 4) is 0 Å². The van der Waals surface area contributed by atoms with Gasteiger partial charge in [-0.2, -0.15) is 0 Å². The van der Waals surface area contributed by atoms with Crippen LogP contribution in [0.25, 0.3) is 0 Å². The third kappa shape index (κ3) is 3.08. The number of nitrogens with one attached hydrogen (secondary N) is 2. The predicted octanol–water partition coefficient (Wildman–Crippen LogP) is 0.969. The first-order valence-electron chi connectivity index (χ1n) is 6.55. The number of amides is 1. The number of likely N-dealkylation sites (N-methyl/N-ethyl adjacent to an activating group) is 1. The molecular formula is C14H20N3O2S+. The van der Waals surface area contributed by atoms with Gasteiger partial charge in [-0.05, 0) is 25.3 Å². The number of aryl methyl sites for hydroxylation is 2. The molecule has 2 aromatic heterocycles. The van der Waals surface area contributed by atoms with Gasteiger partial charge in [-0.1, -0.05) is 11.2 Å². The third-order valence-electron chi connectivity index (χ3n) is 3.31. The quantitative estimate of drug-likeness (QED) is 0.864. The van der Waals surface area contributed by atoms with Crippen LogP contribution in [0.4, 0.5) is 0 Å². The van der Waals surface area contributed by atoms with Crippen LogP contribution in [0.15, 0.2) is 22.0 Å². The van der Waals surface area contributed by atoms with Crippen molar-refractivity contribution in [1.29, 1.82) is 0 Å². The van der Waals surface area contributed by atoms with Gasteiger partial charge in [0.2, 0.25) is 0 Å². The van der Waals surface area contributed by atoms with Crippen molar-refractivity contribution in [1.82, 2.24) is 10.5 Å². The fourth-order valence-corrected chi connectivity index (χ4v) is 3.12. The summed E-state index contributed by atoms with van der Waals surface area (Å²) < 4.78 is 5.03. The van der Waals surface area contributed by atoms with Crippen LogP contribution in [0.2, 0.25) is 0 Å². The van der Waals surface area contributed by atoms with Crippen molar-refractivity contribution < 1.29 is 14.2 Å². The molecule has 6 heteroatoms. The Morgan fingerprint density at radius 3 is 2.75 bits per heavy atom. The molecule has 0 aromatic carbocycles. The van der Waals surface area contributed by atoms with Crippen molar-refractivity contribution >= 4 is 17.2 Å². The van der Waals surface area contributed by atoms with E-state index in [1.54, 1.807) is 25.2 Å². The summed E-state index contributed by atoms with van der Waals surface area (Å²) in [7, 11) is 4.18. The summed E-state index contributed by atoms with van der Waals surface area (Å²) >= 11 is 1.71. The van der Waals surface area contributed by atoms with Gasteiger partial charge in [-0.25, -0.2) is 0 Å². The molecule has 5 nitrogen and oxygen atoms in total. The largest absolute Gasteiger partial charge is 0.361 e. The van der Waals surface area contributed by atoms with Crippen molar-refractivity contribution in [3.05, 3.63) is 39.4 Å². The first-order chi connectivity index (χ1) is 9.50. The Bertz CT molecular complexity index is 556. The van der Waals surface area contributed by atoms with E-state index in [0.717, 1.165) is 0 Å². The van der Waals surface area contributed by atoms with Crippen LogP contribution in [0, 0.1) is 13.8 Å². The highest BCUT2D eigenvalue weighted by Gasteiger charge is 2.22. The van der Waals surface area contributed by atoms with Gasteiger partial charge in [0.15, 0.2) is 0 Å². The number of aromatic nitrogens is 1. The zero-order valence-electron chi connectivity index (χ0n) is 12.2. The maximum atomic E-state index is 12.2. The third-order valence-corrected chi connectivity index (χ3v) is 4.30. The summed E-state index contributed by atoms with van der Waals surface area (Å²) in [6.45, 7) is 4.12. The molecule has 0 saturated carbocycles. The standard InChI is InChI=1S/C14H19N3O2S/c1-9-13(10(2)19-16-9)14(18)15-8-11(17(3)4)12-6-5-7-20-12/h5-7,11H,8H2,1-4H3,(H,15,18)/p+1/t11-/m1/s1. The van der Waals surface area contributed by atoms with E-state index >= 15 is 0 Å². The van der Waals surface area contributed by atoms with Crippen LogP contribution >= 0.6 is 11.3 Å². The van der Waals surface area contributed by atoms with Crippen molar-refractivity contribution in [2.45, 2.75) is 19.9 Å². The Morgan fingerprint density at radius 1 is 1.50 bits per heavy atom. The molecule has 1 amide bonds. The van der Waals surface area contributed by atoms with E-state index in [2.05, 4.69) is 36.0 Å². The number of hydrogen-bond acceptors (Lipinski definition) is 4. The lowest BCUT2D eigenvalue weighted by Gasteiger charge is -2.20. The van der Waals surface area contributed by atoms with Gasteiger partial charge in [0.25, 0.3) is 5.91 Å². The van der Waals surface area contributed by atoms with E-state index < -0.39 is 0 Å². The zero-order valence-corrected chi connectivity index (χ0v) is 13.0. The fourth-order valence-electron chi connectivity index (χ4n) is 2.17. The van der Waals surface area contributed by atoms with Gasteiger partial charge in [0, 0.05) is 0 Å². The molecule has 2 aromatic rings. The number of hydrogen-bond donors (Lipinski definition) is 2. The molecule has 2 N–H and O–H groups in total. The number of quaternary nitrogens is 1. The molecule has 0 aliphatic heterocycles. The van der Waals surface area contributed by atoms with E-state index in [-0.39, 0.29) is 11.9 Å². The van der Waals surface area contributed by atoms with Crippen LogP contribution in [-0.4, -0.2) is 31.7 Å². The first kappa shape index (κ1) is 14.7. The lowest BCUT2D eigenvalue weighted by molar-refractivity contribution is -0.890. The highest BCUT2D eigenvalue weighted by Crippen LogP contribution is 2.16. The van der Waals surface area contributed by atoms with E-state index in [1.807, 2.05) is 6.07 Å². The van der Waals surface area contributed by atoms with Gasteiger partial charge >= 0.3 is 0 Å². The van der Waals surface area contributed by atoms with E-state index in [0.29, 0.717) is 23.6 Å². The molecule has 20 heavy (non-hydrogen) atoms. The number of nitrogens with zero attached hydrogens (tertiary/aromatic N) is 1. The molecule has 0 spiro atoms. The summed E-state index contributed by atoms with van der Waals surface area (Å²) in [4.78, 5) is 14.8. The number of rotatable bonds is 5. The van der Waals surface area contributed by atoms with Gasteiger partial charge in [-0.3, -0.25) is 4.79 Å².